The summed E-state index contributed by atoms with van der Waals surface area (Å²) in [6, 6.07) is 9.39. The number of fused-ring (bicyclic) bond motifs is 1. The molecule has 1 aliphatic rings. The summed E-state index contributed by atoms with van der Waals surface area (Å²) in [5.74, 6) is -0.494. The van der Waals surface area contributed by atoms with Crippen molar-refractivity contribution in [3.63, 3.8) is 0 Å². The van der Waals surface area contributed by atoms with Gasteiger partial charge in [0.05, 0.1) is 11.2 Å². The Morgan fingerprint density at radius 1 is 1.24 bits per heavy atom. The zero-order chi connectivity index (χ0) is 17.4. The first kappa shape index (κ1) is 15.8. The van der Waals surface area contributed by atoms with Gasteiger partial charge in [-0.05, 0) is 43.5 Å². The summed E-state index contributed by atoms with van der Waals surface area (Å²) in [6.45, 7) is 2.06. The maximum Gasteiger partial charge on any atom is 0.354 e. The third-order valence-electron chi connectivity index (χ3n) is 5.04. The van der Waals surface area contributed by atoms with E-state index in [-0.39, 0.29) is 5.69 Å². The summed E-state index contributed by atoms with van der Waals surface area (Å²) in [6.07, 6.45) is 7.53. The molecule has 3 aromatic heterocycles. The van der Waals surface area contributed by atoms with Crippen molar-refractivity contribution in [3.05, 3.63) is 64.7 Å². The molecule has 4 rings (SSSR count). The quantitative estimate of drug-likeness (QED) is 0.783. The van der Waals surface area contributed by atoms with E-state index in [0.717, 1.165) is 16.9 Å². The number of carboxylic acid groups (broad SMARTS) is 1. The van der Waals surface area contributed by atoms with Crippen LogP contribution in [-0.2, 0) is 6.42 Å². The van der Waals surface area contributed by atoms with E-state index >= 15 is 0 Å². The maximum atomic E-state index is 11.2. The minimum absolute atomic E-state index is 0.0900. The number of aryl methyl sites for hydroxylation is 1. The monoisotopic (exact) mass is 335 g/mol. The number of rotatable bonds is 4. The van der Waals surface area contributed by atoms with Crippen LogP contribution in [0.3, 0.4) is 0 Å². The fraction of sp³-hybridized carbons (Fsp3) is 0.350. The van der Waals surface area contributed by atoms with E-state index in [9.17, 15) is 9.90 Å². The van der Waals surface area contributed by atoms with Crippen molar-refractivity contribution in [2.45, 2.75) is 44.9 Å². The first-order valence-corrected chi connectivity index (χ1v) is 8.79. The molecule has 0 bridgehead atoms. The van der Waals surface area contributed by atoms with E-state index in [1.165, 1.54) is 42.9 Å². The molecule has 1 saturated carbocycles. The fourth-order valence-electron chi connectivity index (χ4n) is 3.81. The topological polar surface area (TPSA) is 67.5 Å². The van der Waals surface area contributed by atoms with Crippen molar-refractivity contribution >= 4 is 11.5 Å². The van der Waals surface area contributed by atoms with Crippen molar-refractivity contribution in [1.82, 2.24) is 14.6 Å². The number of aromatic carboxylic acids is 1. The second-order valence-corrected chi connectivity index (χ2v) is 6.88. The predicted octanol–water partition coefficient (Wildman–Crippen LogP) is 3.98. The SMILES string of the molecule is Cc1ccc2c(Cc3cccc(C(=O)O)n3)c(C3CCCC3)nn2c1. The highest BCUT2D eigenvalue weighted by Crippen LogP contribution is 2.37. The lowest BCUT2D eigenvalue weighted by molar-refractivity contribution is 0.0690. The molecule has 5 heteroatoms. The predicted molar refractivity (Wildman–Crippen MR) is 95.1 cm³/mol. The first-order chi connectivity index (χ1) is 12.1. The molecular weight excluding hydrogens is 314 g/mol. The summed E-state index contributed by atoms with van der Waals surface area (Å²) in [4.78, 5) is 15.5. The van der Waals surface area contributed by atoms with Crippen LogP contribution in [0.2, 0.25) is 0 Å². The lowest BCUT2D eigenvalue weighted by Gasteiger charge is -2.09. The van der Waals surface area contributed by atoms with Crippen molar-refractivity contribution in [2.75, 3.05) is 0 Å². The van der Waals surface area contributed by atoms with Crippen LogP contribution in [0.1, 0.15) is 64.6 Å². The molecule has 1 fully saturated rings. The van der Waals surface area contributed by atoms with Gasteiger partial charge in [0.25, 0.3) is 0 Å². The van der Waals surface area contributed by atoms with Gasteiger partial charge in [-0.25, -0.2) is 14.3 Å². The molecule has 128 valence electrons. The lowest BCUT2D eigenvalue weighted by atomic mass is 9.96. The summed E-state index contributed by atoms with van der Waals surface area (Å²) in [7, 11) is 0. The summed E-state index contributed by atoms with van der Waals surface area (Å²) >= 11 is 0. The Morgan fingerprint density at radius 3 is 2.80 bits per heavy atom. The van der Waals surface area contributed by atoms with Crippen molar-refractivity contribution in [3.8, 4) is 0 Å². The van der Waals surface area contributed by atoms with E-state index in [2.05, 4.69) is 30.2 Å². The molecule has 0 spiro atoms. The molecule has 25 heavy (non-hydrogen) atoms. The molecule has 0 aliphatic heterocycles. The van der Waals surface area contributed by atoms with Crippen LogP contribution < -0.4 is 0 Å². The van der Waals surface area contributed by atoms with Crippen LogP contribution in [0, 0.1) is 6.92 Å². The molecule has 0 unspecified atom stereocenters. The van der Waals surface area contributed by atoms with Crippen LogP contribution in [0.4, 0.5) is 0 Å². The fourth-order valence-corrected chi connectivity index (χ4v) is 3.81. The Labute approximate surface area is 146 Å². The van der Waals surface area contributed by atoms with Crippen molar-refractivity contribution in [1.29, 1.82) is 0 Å². The zero-order valence-corrected chi connectivity index (χ0v) is 14.3. The number of carboxylic acids is 1. The Balaban J connectivity index is 1.80. The highest BCUT2D eigenvalue weighted by Gasteiger charge is 2.25. The molecule has 0 radical (unpaired) electrons. The molecule has 0 amide bonds. The standard InChI is InChI=1S/C20H21N3O2/c1-13-9-10-18-16(11-15-7-4-8-17(21-15)20(24)25)19(22-23(18)12-13)14-5-2-3-6-14/h4,7-10,12,14H,2-3,5-6,11H2,1H3,(H,24,25). The summed E-state index contributed by atoms with van der Waals surface area (Å²) in [5.41, 5.74) is 5.47. The number of pyridine rings is 2. The highest BCUT2D eigenvalue weighted by molar-refractivity contribution is 5.85. The van der Waals surface area contributed by atoms with E-state index in [4.69, 9.17) is 5.10 Å². The Morgan fingerprint density at radius 2 is 2.04 bits per heavy atom. The number of hydrogen-bond acceptors (Lipinski definition) is 3. The second-order valence-electron chi connectivity index (χ2n) is 6.88. The molecule has 1 aliphatic carbocycles. The van der Waals surface area contributed by atoms with Crippen molar-refractivity contribution < 1.29 is 9.90 Å². The Hall–Kier alpha value is -2.69. The Bertz CT molecular complexity index is 939. The lowest BCUT2D eigenvalue weighted by Crippen LogP contribution is -2.04. The summed E-state index contributed by atoms with van der Waals surface area (Å²) in [5, 5.41) is 14.1. The zero-order valence-electron chi connectivity index (χ0n) is 14.3. The second kappa shape index (κ2) is 6.31. The molecule has 0 atom stereocenters. The smallest absolute Gasteiger partial charge is 0.354 e. The number of carbonyl (C=O) groups is 1. The van der Waals surface area contributed by atoms with E-state index < -0.39 is 5.97 Å². The number of hydrogen-bond donors (Lipinski definition) is 1. The Kier molecular flexibility index (Phi) is 3.99. The van der Waals surface area contributed by atoms with E-state index in [0.29, 0.717) is 12.3 Å². The van der Waals surface area contributed by atoms with Gasteiger partial charge < -0.3 is 5.11 Å². The van der Waals surface area contributed by atoms with Gasteiger partial charge in [0.1, 0.15) is 5.69 Å². The maximum absolute atomic E-state index is 11.2. The molecule has 5 nitrogen and oxygen atoms in total. The molecule has 0 saturated heterocycles. The van der Waals surface area contributed by atoms with E-state index in [1.807, 2.05) is 10.6 Å². The van der Waals surface area contributed by atoms with Crippen LogP contribution in [0.15, 0.2) is 36.5 Å². The van der Waals surface area contributed by atoms with Gasteiger partial charge in [-0.2, -0.15) is 5.10 Å². The molecule has 3 aromatic rings. The third-order valence-corrected chi connectivity index (χ3v) is 5.04. The van der Waals surface area contributed by atoms with Crippen LogP contribution >= 0.6 is 0 Å². The summed E-state index contributed by atoms with van der Waals surface area (Å²) < 4.78 is 1.97. The van der Waals surface area contributed by atoms with Gasteiger partial charge in [0.2, 0.25) is 0 Å². The number of aromatic nitrogens is 3. The minimum Gasteiger partial charge on any atom is -0.477 e. The largest absolute Gasteiger partial charge is 0.477 e. The average molecular weight is 335 g/mol. The van der Waals surface area contributed by atoms with Gasteiger partial charge in [0.15, 0.2) is 0 Å². The van der Waals surface area contributed by atoms with E-state index in [1.54, 1.807) is 6.07 Å². The van der Waals surface area contributed by atoms with Gasteiger partial charge in [-0.1, -0.05) is 25.0 Å². The van der Waals surface area contributed by atoms with Gasteiger partial charge in [-0.3, -0.25) is 0 Å². The van der Waals surface area contributed by atoms with Gasteiger partial charge >= 0.3 is 5.97 Å². The molecule has 0 aromatic carbocycles. The third kappa shape index (κ3) is 3.02. The van der Waals surface area contributed by atoms with Gasteiger partial charge in [-0.15, -0.1) is 0 Å². The average Bonchev–Trinajstić information content (AvgIpc) is 3.23. The molecule has 3 heterocycles. The van der Waals surface area contributed by atoms with Crippen LogP contribution in [0.25, 0.3) is 5.52 Å². The molecular formula is C20H21N3O2. The van der Waals surface area contributed by atoms with Crippen LogP contribution in [-0.4, -0.2) is 25.7 Å². The first-order valence-electron chi connectivity index (χ1n) is 8.79. The minimum atomic E-state index is -0.992. The highest BCUT2D eigenvalue weighted by atomic mass is 16.4. The van der Waals surface area contributed by atoms with Gasteiger partial charge in [0, 0.05) is 29.8 Å². The number of nitrogens with zero attached hydrogens (tertiary/aromatic N) is 3. The molecule has 1 N–H and O–H groups in total. The van der Waals surface area contributed by atoms with Crippen molar-refractivity contribution in [2.24, 2.45) is 0 Å². The van der Waals surface area contributed by atoms with Crippen LogP contribution in [0.5, 0.6) is 0 Å². The normalized spacial score (nSPS) is 15.1.